The van der Waals surface area contributed by atoms with Gasteiger partial charge in [-0.2, -0.15) is 0 Å². The molecule has 2 fully saturated rings. The number of nitrogens with zero attached hydrogens (tertiary/aromatic N) is 1. The molecular weight excluding hydrogens is 719 g/mol. The number of carbonyl (C=O) groups excluding carboxylic acids is 2. The first kappa shape index (κ1) is 43.0. The molecule has 56 heavy (non-hydrogen) atoms. The highest BCUT2D eigenvalue weighted by Gasteiger charge is 2.39. The molecule has 1 amide bonds. The number of esters is 1. The molecule has 3 aromatic rings. The Morgan fingerprint density at radius 2 is 1.39 bits per heavy atom. The van der Waals surface area contributed by atoms with Crippen LogP contribution in [-0.2, 0) is 39.8 Å². The molecule has 0 spiro atoms. The second-order valence-corrected chi connectivity index (χ2v) is 17.1. The SMILES string of the molecule is CC(C)c1c(C(=O)NCC[C@@H]2C[C@H](CC(=O)O)OC(C)(C)O2)c(-c2ccccc2)c(-c2ccc(F)cc2)n1CC[C@@H]1C[C@H](CC(=O)OC(C)(C)C)OC(C)(C)O1. The molecule has 0 bridgehead atoms. The molecule has 3 heterocycles. The van der Waals surface area contributed by atoms with Crippen molar-refractivity contribution in [2.75, 3.05) is 6.54 Å². The minimum Gasteiger partial charge on any atom is -0.481 e. The maximum absolute atomic E-state index is 14.6. The number of hydrogen-bond donors (Lipinski definition) is 2. The lowest BCUT2D eigenvalue weighted by molar-refractivity contribution is -0.301. The van der Waals surface area contributed by atoms with Gasteiger partial charge in [0, 0.05) is 37.2 Å². The van der Waals surface area contributed by atoms with Gasteiger partial charge in [0.15, 0.2) is 11.6 Å². The van der Waals surface area contributed by atoms with Gasteiger partial charge < -0.3 is 38.7 Å². The van der Waals surface area contributed by atoms with E-state index in [1.165, 1.54) is 12.1 Å². The van der Waals surface area contributed by atoms with Crippen molar-refractivity contribution in [1.29, 1.82) is 0 Å². The first-order valence-electron chi connectivity index (χ1n) is 19.7. The van der Waals surface area contributed by atoms with Gasteiger partial charge in [-0.3, -0.25) is 14.4 Å². The van der Waals surface area contributed by atoms with Crippen molar-refractivity contribution in [2.45, 2.75) is 155 Å². The number of amides is 1. The Bertz CT molecular complexity index is 1830. The highest BCUT2D eigenvalue weighted by molar-refractivity contribution is 6.06. The predicted molar refractivity (Wildman–Crippen MR) is 211 cm³/mol. The number of hydrogen-bond acceptors (Lipinski definition) is 8. The molecule has 2 aliphatic rings. The van der Waals surface area contributed by atoms with Gasteiger partial charge in [-0.25, -0.2) is 4.39 Å². The lowest BCUT2D eigenvalue weighted by Gasteiger charge is -2.41. The summed E-state index contributed by atoms with van der Waals surface area (Å²) in [5.74, 6) is -3.90. The van der Waals surface area contributed by atoms with E-state index in [4.69, 9.17) is 23.7 Å². The highest BCUT2D eigenvalue weighted by Crippen LogP contribution is 2.43. The van der Waals surface area contributed by atoms with Crippen LogP contribution in [0.5, 0.6) is 0 Å². The summed E-state index contributed by atoms with van der Waals surface area (Å²) < 4.78 is 46.7. The Kier molecular flexibility index (Phi) is 13.5. The maximum Gasteiger partial charge on any atom is 0.308 e. The number of carboxylic acid groups (broad SMARTS) is 1. The van der Waals surface area contributed by atoms with Crippen molar-refractivity contribution in [2.24, 2.45) is 0 Å². The third-order valence-electron chi connectivity index (χ3n) is 9.75. The van der Waals surface area contributed by atoms with Crippen LogP contribution in [0, 0.1) is 5.82 Å². The number of benzene rings is 2. The monoisotopic (exact) mass is 778 g/mol. The number of rotatable bonds is 14. The molecule has 2 saturated heterocycles. The van der Waals surface area contributed by atoms with Crippen molar-refractivity contribution in [3.05, 3.63) is 71.7 Å². The zero-order chi connectivity index (χ0) is 41.0. The average Bonchev–Trinajstić information content (AvgIpc) is 3.41. The molecule has 306 valence electrons. The van der Waals surface area contributed by atoms with Crippen LogP contribution in [0.4, 0.5) is 4.39 Å². The molecule has 0 radical (unpaired) electrons. The zero-order valence-corrected chi connectivity index (χ0v) is 34.3. The van der Waals surface area contributed by atoms with E-state index in [-0.39, 0.29) is 55.2 Å². The number of aliphatic carboxylic acids is 1. The summed E-state index contributed by atoms with van der Waals surface area (Å²) in [5.41, 5.74) is 3.85. The Labute approximate surface area is 330 Å². The average molecular weight is 779 g/mol. The third-order valence-corrected chi connectivity index (χ3v) is 9.75. The lowest BCUT2D eigenvalue weighted by atomic mass is 9.94. The number of halogens is 1. The molecule has 2 N–H and O–H groups in total. The van der Waals surface area contributed by atoms with E-state index in [9.17, 15) is 23.9 Å². The van der Waals surface area contributed by atoms with E-state index >= 15 is 0 Å². The normalized spacial score (nSPS) is 22.1. The number of carbonyl (C=O) groups is 3. The van der Waals surface area contributed by atoms with Crippen LogP contribution in [0.1, 0.15) is 123 Å². The Balaban J connectivity index is 1.50. The van der Waals surface area contributed by atoms with E-state index in [1.54, 1.807) is 26.0 Å². The van der Waals surface area contributed by atoms with Gasteiger partial charge in [-0.1, -0.05) is 44.2 Å². The highest BCUT2D eigenvalue weighted by atomic mass is 19.1. The Morgan fingerprint density at radius 1 is 0.839 bits per heavy atom. The zero-order valence-electron chi connectivity index (χ0n) is 34.3. The number of nitrogens with one attached hydrogen (secondary N) is 1. The minimum absolute atomic E-state index is 0.0985. The van der Waals surface area contributed by atoms with Crippen molar-refractivity contribution in [3.63, 3.8) is 0 Å². The predicted octanol–water partition coefficient (Wildman–Crippen LogP) is 8.62. The molecule has 11 nitrogen and oxygen atoms in total. The molecule has 2 aromatic carbocycles. The van der Waals surface area contributed by atoms with E-state index in [0.29, 0.717) is 37.8 Å². The van der Waals surface area contributed by atoms with Crippen LogP contribution in [0.2, 0.25) is 0 Å². The lowest BCUT2D eigenvalue weighted by Crippen LogP contribution is -2.46. The molecule has 4 atom stereocenters. The molecule has 2 aliphatic heterocycles. The Hall–Kier alpha value is -4.10. The van der Waals surface area contributed by atoms with Crippen LogP contribution in [0.15, 0.2) is 54.6 Å². The van der Waals surface area contributed by atoms with E-state index in [1.807, 2.05) is 65.0 Å². The number of carboxylic acids is 1. The Morgan fingerprint density at radius 3 is 1.95 bits per heavy atom. The van der Waals surface area contributed by atoms with Crippen LogP contribution in [0.25, 0.3) is 22.4 Å². The summed E-state index contributed by atoms with van der Waals surface area (Å²) >= 11 is 0. The van der Waals surface area contributed by atoms with Crippen molar-refractivity contribution in [3.8, 4) is 22.4 Å². The summed E-state index contributed by atoms with van der Waals surface area (Å²) in [4.78, 5) is 38.9. The minimum atomic E-state index is -0.960. The molecule has 0 unspecified atom stereocenters. The van der Waals surface area contributed by atoms with Gasteiger partial charge >= 0.3 is 11.9 Å². The van der Waals surface area contributed by atoms with E-state index in [2.05, 4.69) is 23.7 Å². The fourth-order valence-electron chi connectivity index (χ4n) is 8.01. The standard InChI is InChI=1S/C44H59FN2O9/c1-27(2)39-38(41(51)46-21-19-31-23-33(25-35(48)49)54-43(6,7)52-31)37(28-13-11-10-12-14-28)40(29-15-17-30(45)18-16-29)47(39)22-20-32-24-34(55-44(8,9)53-32)26-36(50)56-42(3,4)5/h10-18,27,31-34H,19-26H2,1-9H3,(H,46,51)(H,48,49)/t31-,32-,33-,34-/m1/s1. The quantitative estimate of drug-likeness (QED) is 0.154. The van der Waals surface area contributed by atoms with Gasteiger partial charge in [-0.05, 0) is 103 Å². The van der Waals surface area contributed by atoms with Gasteiger partial charge in [0.2, 0.25) is 0 Å². The first-order valence-corrected chi connectivity index (χ1v) is 19.7. The molecular formula is C44H59FN2O9. The molecule has 1 aromatic heterocycles. The molecule has 12 heteroatoms. The number of aromatic nitrogens is 1. The van der Waals surface area contributed by atoms with Gasteiger partial charge in [0.25, 0.3) is 5.91 Å². The number of ether oxygens (including phenoxy) is 5. The second-order valence-electron chi connectivity index (χ2n) is 17.1. The van der Waals surface area contributed by atoms with Crippen LogP contribution >= 0.6 is 0 Å². The molecule has 0 saturated carbocycles. The van der Waals surface area contributed by atoms with E-state index < -0.39 is 35.4 Å². The molecule has 0 aliphatic carbocycles. The summed E-state index contributed by atoms with van der Waals surface area (Å²) in [6.45, 7) is 17.6. The van der Waals surface area contributed by atoms with Gasteiger partial charge in [-0.15, -0.1) is 0 Å². The van der Waals surface area contributed by atoms with Crippen molar-refractivity contribution < 1.29 is 47.6 Å². The summed E-state index contributed by atoms with van der Waals surface area (Å²) in [6.07, 6.45) is 0.342. The van der Waals surface area contributed by atoms with Gasteiger partial charge in [0.1, 0.15) is 11.4 Å². The van der Waals surface area contributed by atoms with Crippen LogP contribution < -0.4 is 5.32 Å². The van der Waals surface area contributed by atoms with Crippen LogP contribution in [-0.4, -0.2) is 75.7 Å². The first-order chi connectivity index (χ1) is 26.2. The molecule has 5 rings (SSSR count). The van der Waals surface area contributed by atoms with Crippen LogP contribution in [0.3, 0.4) is 0 Å². The fourth-order valence-corrected chi connectivity index (χ4v) is 8.01. The van der Waals surface area contributed by atoms with Gasteiger partial charge in [0.05, 0.1) is 48.5 Å². The summed E-state index contributed by atoms with van der Waals surface area (Å²) in [5, 5.41) is 12.5. The van der Waals surface area contributed by atoms with E-state index in [0.717, 1.165) is 28.1 Å². The van der Waals surface area contributed by atoms with Crippen molar-refractivity contribution in [1.82, 2.24) is 9.88 Å². The topological polar surface area (TPSA) is 135 Å². The summed E-state index contributed by atoms with van der Waals surface area (Å²) in [6, 6.07) is 16.1. The largest absolute Gasteiger partial charge is 0.481 e. The smallest absolute Gasteiger partial charge is 0.308 e. The third kappa shape index (κ3) is 11.5. The van der Waals surface area contributed by atoms with Crippen molar-refractivity contribution >= 4 is 17.8 Å². The summed E-state index contributed by atoms with van der Waals surface area (Å²) in [7, 11) is 0. The fraction of sp³-hybridized carbons (Fsp3) is 0.568. The maximum atomic E-state index is 14.6. The second kappa shape index (κ2) is 17.6.